The van der Waals surface area contributed by atoms with E-state index in [4.69, 9.17) is 0 Å². The molecule has 0 spiro atoms. The summed E-state index contributed by atoms with van der Waals surface area (Å²) in [5, 5.41) is 3.37. The second kappa shape index (κ2) is 4.70. The minimum atomic E-state index is 0.649. The SMILES string of the molecule is CCNN[C@@H]1CCNC[C@@H]1C. The summed E-state index contributed by atoms with van der Waals surface area (Å²) in [6.07, 6.45) is 1.23. The number of hydrogen-bond acceptors (Lipinski definition) is 3. The number of hydrazine groups is 1. The molecule has 0 radical (unpaired) electrons. The predicted octanol–water partition coefficient (Wildman–Crippen LogP) is 0.0985. The van der Waals surface area contributed by atoms with Crippen LogP contribution in [0.15, 0.2) is 0 Å². The van der Waals surface area contributed by atoms with Crippen LogP contribution in [-0.4, -0.2) is 25.7 Å². The van der Waals surface area contributed by atoms with Gasteiger partial charge in [-0.1, -0.05) is 13.8 Å². The molecule has 66 valence electrons. The Morgan fingerprint density at radius 1 is 1.55 bits per heavy atom. The minimum Gasteiger partial charge on any atom is -0.316 e. The fraction of sp³-hybridized carbons (Fsp3) is 1.00. The van der Waals surface area contributed by atoms with Gasteiger partial charge in [-0.15, -0.1) is 0 Å². The van der Waals surface area contributed by atoms with Gasteiger partial charge >= 0.3 is 0 Å². The Hall–Kier alpha value is -0.120. The van der Waals surface area contributed by atoms with Crippen LogP contribution in [0.2, 0.25) is 0 Å². The topological polar surface area (TPSA) is 36.1 Å². The van der Waals surface area contributed by atoms with E-state index in [0.29, 0.717) is 6.04 Å². The fourth-order valence-corrected chi connectivity index (χ4v) is 1.46. The van der Waals surface area contributed by atoms with Crippen molar-refractivity contribution < 1.29 is 0 Å². The van der Waals surface area contributed by atoms with E-state index in [0.717, 1.165) is 25.6 Å². The van der Waals surface area contributed by atoms with Crippen LogP contribution in [-0.2, 0) is 0 Å². The molecule has 1 rings (SSSR count). The molecule has 1 saturated heterocycles. The molecule has 0 amide bonds. The Bertz CT molecular complexity index is 106. The van der Waals surface area contributed by atoms with Crippen LogP contribution in [0.5, 0.6) is 0 Å². The van der Waals surface area contributed by atoms with Gasteiger partial charge in [-0.2, -0.15) is 0 Å². The monoisotopic (exact) mass is 157 g/mol. The zero-order chi connectivity index (χ0) is 8.10. The smallest absolute Gasteiger partial charge is 0.0262 e. The molecule has 0 unspecified atom stereocenters. The van der Waals surface area contributed by atoms with Crippen molar-refractivity contribution in [3.05, 3.63) is 0 Å². The molecule has 1 fully saturated rings. The summed E-state index contributed by atoms with van der Waals surface area (Å²) in [7, 11) is 0. The largest absolute Gasteiger partial charge is 0.316 e. The average Bonchev–Trinajstić information content (AvgIpc) is 2.03. The van der Waals surface area contributed by atoms with Gasteiger partial charge in [0.15, 0.2) is 0 Å². The second-order valence-electron chi connectivity index (χ2n) is 3.25. The van der Waals surface area contributed by atoms with Crippen molar-refractivity contribution in [2.75, 3.05) is 19.6 Å². The highest BCUT2D eigenvalue weighted by Crippen LogP contribution is 2.08. The quantitative estimate of drug-likeness (QED) is 0.508. The van der Waals surface area contributed by atoms with Crippen molar-refractivity contribution >= 4 is 0 Å². The third-order valence-electron chi connectivity index (χ3n) is 2.25. The molecule has 0 aliphatic carbocycles. The highest BCUT2D eigenvalue weighted by atomic mass is 15.4. The number of nitrogens with one attached hydrogen (secondary N) is 3. The molecule has 11 heavy (non-hydrogen) atoms. The lowest BCUT2D eigenvalue weighted by atomic mass is 9.96. The summed E-state index contributed by atoms with van der Waals surface area (Å²) in [4.78, 5) is 0. The fourth-order valence-electron chi connectivity index (χ4n) is 1.46. The molecular formula is C8H19N3. The van der Waals surface area contributed by atoms with Gasteiger partial charge < -0.3 is 5.32 Å². The van der Waals surface area contributed by atoms with E-state index in [-0.39, 0.29) is 0 Å². The van der Waals surface area contributed by atoms with Crippen LogP contribution in [0.4, 0.5) is 0 Å². The predicted molar refractivity (Wildman–Crippen MR) is 47.3 cm³/mol. The molecule has 0 aromatic carbocycles. The third-order valence-corrected chi connectivity index (χ3v) is 2.25. The Morgan fingerprint density at radius 2 is 2.36 bits per heavy atom. The highest BCUT2D eigenvalue weighted by molar-refractivity contribution is 4.78. The van der Waals surface area contributed by atoms with Crippen molar-refractivity contribution in [1.29, 1.82) is 0 Å². The Kier molecular flexibility index (Phi) is 3.83. The summed E-state index contributed by atoms with van der Waals surface area (Å²) >= 11 is 0. The van der Waals surface area contributed by atoms with Gasteiger partial charge in [0.05, 0.1) is 0 Å². The molecule has 2 atom stereocenters. The van der Waals surface area contributed by atoms with Crippen molar-refractivity contribution in [2.24, 2.45) is 5.92 Å². The molecule has 0 bridgehead atoms. The molecule has 3 N–H and O–H groups in total. The van der Waals surface area contributed by atoms with Crippen LogP contribution in [0, 0.1) is 5.92 Å². The van der Waals surface area contributed by atoms with Gasteiger partial charge in [0.25, 0.3) is 0 Å². The second-order valence-corrected chi connectivity index (χ2v) is 3.25. The zero-order valence-electron chi connectivity index (χ0n) is 7.48. The van der Waals surface area contributed by atoms with E-state index < -0.39 is 0 Å². The van der Waals surface area contributed by atoms with E-state index in [1.807, 2.05) is 0 Å². The molecule has 3 heteroatoms. The van der Waals surface area contributed by atoms with Gasteiger partial charge in [0, 0.05) is 12.6 Å². The van der Waals surface area contributed by atoms with E-state index in [2.05, 4.69) is 30.0 Å². The first-order chi connectivity index (χ1) is 5.34. The molecule has 0 saturated carbocycles. The standard InChI is InChI=1S/C8H19N3/c1-3-10-11-8-4-5-9-6-7(8)2/h7-11H,3-6H2,1-2H3/t7-,8+/m0/s1. The average molecular weight is 157 g/mol. The van der Waals surface area contributed by atoms with Crippen LogP contribution in [0.3, 0.4) is 0 Å². The van der Waals surface area contributed by atoms with Crippen LogP contribution >= 0.6 is 0 Å². The maximum Gasteiger partial charge on any atom is 0.0262 e. The van der Waals surface area contributed by atoms with Gasteiger partial charge in [-0.25, -0.2) is 0 Å². The summed E-state index contributed by atoms with van der Waals surface area (Å²) in [5.74, 6) is 0.739. The Labute approximate surface area is 68.9 Å². The molecule has 1 aliphatic heterocycles. The maximum absolute atomic E-state index is 3.37. The zero-order valence-corrected chi connectivity index (χ0v) is 7.48. The molecule has 0 aromatic rings. The van der Waals surface area contributed by atoms with E-state index >= 15 is 0 Å². The van der Waals surface area contributed by atoms with Crippen molar-refractivity contribution in [1.82, 2.24) is 16.2 Å². The minimum absolute atomic E-state index is 0.649. The summed E-state index contributed by atoms with van der Waals surface area (Å²) in [6.45, 7) is 7.67. The molecule has 1 heterocycles. The molecule has 1 aliphatic rings. The van der Waals surface area contributed by atoms with Crippen molar-refractivity contribution in [3.63, 3.8) is 0 Å². The van der Waals surface area contributed by atoms with E-state index in [1.165, 1.54) is 6.42 Å². The summed E-state index contributed by atoms with van der Waals surface area (Å²) in [5.41, 5.74) is 6.50. The van der Waals surface area contributed by atoms with Crippen molar-refractivity contribution in [2.45, 2.75) is 26.3 Å². The maximum atomic E-state index is 3.37. The van der Waals surface area contributed by atoms with Gasteiger partial charge in [-0.3, -0.25) is 10.9 Å². The highest BCUT2D eigenvalue weighted by Gasteiger charge is 2.19. The first-order valence-corrected chi connectivity index (χ1v) is 4.53. The van der Waals surface area contributed by atoms with Crippen LogP contribution in [0.1, 0.15) is 20.3 Å². The Morgan fingerprint density at radius 3 is 3.00 bits per heavy atom. The summed E-state index contributed by atoms with van der Waals surface area (Å²) < 4.78 is 0. The van der Waals surface area contributed by atoms with E-state index in [9.17, 15) is 0 Å². The molecular weight excluding hydrogens is 138 g/mol. The van der Waals surface area contributed by atoms with E-state index in [1.54, 1.807) is 0 Å². The van der Waals surface area contributed by atoms with Crippen LogP contribution in [0.25, 0.3) is 0 Å². The summed E-state index contributed by atoms with van der Waals surface area (Å²) in [6, 6.07) is 0.649. The number of rotatable bonds is 3. The first kappa shape index (κ1) is 8.97. The normalized spacial score (nSPS) is 32.2. The van der Waals surface area contributed by atoms with Crippen molar-refractivity contribution in [3.8, 4) is 0 Å². The van der Waals surface area contributed by atoms with Gasteiger partial charge in [0.1, 0.15) is 0 Å². The Balaban J connectivity index is 2.18. The van der Waals surface area contributed by atoms with Gasteiger partial charge in [-0.05, 0) is 25.4 Å². The van der Waals surface area contributed by atoms with Crippen LogP contribution < -0.4 is 16.2 Å². The molecule has 3 nitrogen and oxygen atoms in total. The number of piperidine rings is 1. The lowest BCUT2D eigenvalue weighted by Crippen LogP contribution is -2.51. The number of hydrogen-bond donors (Lipinski definition) is 3. The first-order valence-electron chi connectivity index (χ1n) is 4.53. The molecule has 0 aromatic heterocycles. The van der Waals surface area contributed by atoms with Gasteiger partial charge in [0.2, 0.25) is 0 Å². The lowest BCUT2D eigenvalue weighted by molar-refractivity contribution is 0.272. The lowest BCUT2D eigenvalue weighted by Gasteiger charge is -2.30. The third kappa shape index (κ3) is 2.77.